The zero-order valence-corrected chi connectivity index (χ0v) is 15.1. The monoisotopic (exact) mass is 371 g/mol. The van der Waals surface area contributed by atoms with Gasteiger partial charge in [-0.05, 0) is 25.5 Å². The smallest absolute Gasteiger partial charge is 0.314 e. The van der Waals surface area contributed by atoms with Crippen LogP contribution in [0.4, 0.5) is 0 Å². The largest absolute Gasteiger partial charge is 0.469 e. The number of aromatic amines is 1. The van der Waals surface area contributed by atoms with Gasteiger partial charge in [0.05, 0.1) is 12.5 Å². The van der Waals surface area contributed by atoms with Crippen molar-refractivity contribution >= 4 is 29.2 Å². The minimum absolute atomic E-state index is 0.0166. The van der Waals surface area contributed by atoms with Crippen LogP contribution in [0, 0.1) is 5.41 Å². The van der Waals surface area contributed by atoms with Crippen molar-refractivity contribution < 1.29 is 14.6 Å². The molecule has 8 heteroatoms. The molecule has 2 atom stereocenters. The Kier molecular flexibility index (Phi) is 5.52. The van der Waals surface area contributed by atoms with E-state index < -0.39 is 17.0 Å². The van der Waals surface area contributed by atoms with E-state index in [1.165, 1.54) is 19.5 Å². The molecule has 0 amide bonds. The molecule has 2 N–H and O–H groups in total. The second-order valence-electron chi connectivity index (χ2n) is 5.75. The number of halogens is 2. The molecule has 1 aromatic carbocycles. The Morgan fingerprint density at radius 3 is 2.62 bits per heavy atom. The molecule has 0 bridgehead atoms. The van der Waals surface area contributed by atoms with Crippen molar-refractivity contribution in [2.45, 2.75) is 32.3 Å². The van der Waals surface area contributed by atoms with Crippen molar-refractivity contribution in [1.29, 1.82) is 0 Å². The SMILES string of the molecule is CCC(C)(C(=O)OC)C(O)(Cc1nc[nH]n1)c1ccc(Cl)cc1Cl. The summed E-state index contributed by atoms with van der Waals surface area (Å²) in [7, 11) is 1.28. The van der Waals surface area contributed by atoms with Gasteiger partial charge in [-0.2, -0.15) is 5.10 Å². The molecule has 2 unspecified atom stereocenters. The maximum absolute atomic E-state index is 12.5. The predicted molar refractivity (Wildman–Crippen MR) is 90.9 cm³/mol. The van der Waals surface area contributed by atoms with Crippen LogP contribution in [0.25, 0.3) is 0 Å². The van der Waals surface area contributed by atoms with E-state index in [1.54, 1.807) is 26.0 Å². The third-order valence-electron chi connectivity index (χ3n) is 4.51. The number of aliphatic hydroxyl groups is 1. The van der Waals surface area contributed by atoms with Gasteiger partial charge in [-0.25, -0.2) is 4.98 Å². The van der Waals surface area contributed by atoms with E-state index in [-0.39, 0.29) is 11.4 Å². The van der Waals surface area contributed by atoms with Crippen molar-refractivity contribution in [3.05, 3.63) is 46.0 Å². The minimum atomic E-state index is -1.68. The maximum Gasteiger partial charge on any atom is 0.314 e. The van der Waals surface area contributed by atoms with Crippen LogP contribution >= 0.6 is 23.2 Å². The molecule has 0 radical (unpaired) electrons. The summed E-state index contributed by atoms with van der Waals surface area (Å²) >= 11 is 12.3. The number of hydrogen-bond acceptors (Lipinski definition) is 5. The number of esters is 1. The quantitative estimate of drug-likeness (QED) is 0.761. The summed E-state index contributed by atoms with van der Waals surface area (Å²) in [6.07, 6.45) is 1.71. The number of hydrogen-bond donors (Lipinski definition) is 2. The Labute approximate surface area is 150 Å². The fourth-order valence-electron chi connectivity index (χ4n) is 2.79. The topological polar surface area (TPSA) is 88.1 Å². The van der Waals surface area contributed by atoms with Crippen molar-refractivity contribution in [2.24, 2.45) is 5.41 Å². The van der Waals surface area contributed by atoms with Crippen LogP contribution in [0.5, 0.6) is 0 Å². The lowest BCUT2D eigenvalue weighted by Crippen LogP contribution is -2.51. The number of H-pyrrole nitrogens is 1. The fraction of sp³-hybridized carbons (Fsp3) is 0.438. The molecule has 130 valence electrons. The Hall–Kier alpha value is -1.63. The highest BCUT2D eigenvalue weighted by Crippen LogP contribution is 2.47. The third kappa shape index (κ3) is 3.14. The molecular formula is C16H19Cl2N3O3. The summed E-state index contributed by atoms with van der Waals surface area (Å²) in [5.74, 6) is -0.193. The van der Waals surface area contributed by atoms with E-state index in [0.717, 1.165) is 0 Å². The number of benzene rings is 1. The number of nitrogens with zero attached hydrogens (tertiary/aromatic N) is 2. The van der Waals surface area contributed by atoms with Gasteiger partial charge < -0.3 is 9.84 Å². The molecule has 1 aromatic heterocycles. The lowest BCUT2D eigenvalue weighted by atomic mass is 9.66. The minimum Gasteiger partial charge on any atom is -0.469 e. The normalized spacial score (nSPS) is 16.2. The van der Waals surface area contributed by atoms with E-state index in [0.29, 0.717) is 22.8 Å². The summed E-state index contributed by atoms with van der Waals surface area (Å²) in [5, 5.41) is 18.9. The zero-order valence-electron chi connectivity index (χ0n) is 13.6. The lowest BCUT2D eigenvalue weighted by molar-refractivity contribution is -0.173. The van der Waals surface area contributed by atoms with Crippen LogP contribution in [0.15, 0.2) is 24.5 Å². The Morgan fingerprint density at radius 1 is 1.42 bits per heavy atom. The highest BCUT2D eigenvalue weighted by Gasteiger charge is 2.54. The first-order chi connectivity index (χ1) is 11.3. The molecule has 1 heterocycles. The molecule has 0 aliphatic rings. The first-order valence-corrected chi connectivity index (χ1v) is 8.15. The van der Waals surface area contributed by atoms with Crippen LogP contribution in [0.2, 0.25) is 10.0 Å². The Balaban J connectivity index is 2.66. The highest BCUT2D eigenvalue weighted by atomic mass is 35.5. The molecule has 0 aliphatic carbocycles. The average molecular weight is 372 g/mol. The number of carbonyl (C=O) groups excluding carboxylic acids is 1. The summed E-state index contributed by atoms with van der Waals surface area (Å²) in [6.45, 7) is 3.43. The molecule has 0 saturated heterocycles. The average Bonchev–Trinajstić information content (AvgIpc) is 3.05. The maximum atomic E-state index is 12.5. The Morgan fingerprint density at radius 2 is 2.12 bits per heavy atom. The molecule has 2 rings (SSSR count). The van der Waals surface area contributed by atoms with Gasteiger partial charge in [-0.3, -0.25) is 9.89 Å². The van der Waals surface area contributed by atoms with Crippen molar-refractivity contribution in [1.82, 2.24) is 15.2 Å². The molecule has 0 aliphatic heterocycles. The second-order valence-corrected chi connectivity index (χ2v) is 6.60. The molecule has 24 heavy (non-hydrogen) atoms. The van der Waals surface area contributed by atoms with Crippen LogP contribution in [0.1, 0.15) is 31.7 Å². The van der Waals surface area contributed by atoms with Gasteiger partial charge in [-0.1, -0.05) is 36.2 Å². The molecule has 2 aromatic rings. The van der Waals surface area contributed by atoms with Crippen molar-refractivity contribution in [3.8, 4) is 0 Å². The standard InChI is InChI=1S/C16H19Cl2N3O3/c1-4-15(2,14(22)24-3)16(23,8-13-19-9-20-21-13)11-6-5-10(17)7-12(11)18/h5-7,9,23H,4,8H2,1-3H3,(H,19,20,21). The predicted octanol–water partition coefficient (Wildman–Crippen LogP) is 3.13. The Bertz CT molecular complexity index is 723. The number of ether oxygens (including phenoxy) is 1. The first kappa shape index (κ1) is 18.7. The van der Waals surface area contributed by atoms with E-state index in [2.05, 4.69) is 15.2 Å². The van der Waals surface area contributed by atoms with Crippen LogP contribution in [-0.4, -0.2) is 33.4 Å². The van der Waals surface area contributed by atoms with Crippen molar-refractivity contribution in [3.63, 3.8) is 0 Å². The molecule has 6 nitrogen and oxygen atoms in total. The number of carbonyl (C=O) groups is 1. The summed E-state index contributed by atoms with van der Waals surface area (Å²) in [6, 6.07) is 4.74. The van der Waals surface area contributed by atoms with E-state index in [4.69, 9.17) is 27.9 Å². The number of nitrogens with one attached hydrogen (secondary N) is 1. The van der Waals surface area contributed by atoms with Gasteiger partial charge in [0.2, 0.25) is 0 Å². The molecule has 0 fully saturated rings. The lowest BCUT2D eigenvalue weighted by Gasteiger charge is -2.42. The van der Waals surface area contributed by atoms with Gasteiger partial charge in [0, 0.05) is 22.0 Å². The van der Waals surface area contributed by atoms with E-state index in [1.807, 2.05) is 0 Å². The van der Waals surface area contributed by atoms with Crippen molar-refractivity contribution in [2.75, 3.05) is 7.11 Å². The van der Waals surface area contributed by atoms with E-state index >= 15 is 0 Å². The molecule has 0 spiro atoms. The second kappa shape index (κ2) is 7.09. The zero-order chi connectivity index (χ0) is 18.0. The first-order valence-electron chi connectivity index (χ1n) is 7.39. The summed E-state index contributed by atoms with van der Waals surface area (Å²) in [5.41, 5.74) is -2.58. The van der Waals surface area contributed by atoms with Gasteiger partial charge in [-0.15, -0.1) is 0 Å². The summed E-state index contributed by atoms with van der Waals surface area (Å²) < 4.78 is 4.94. The number of methoxy groups -OCH3 is 1. The van der Waals surface area contributed by atoms with Gasteiger partial charge in [0.25, 0.3) is 0 Å². The summed E-state index contributed by atoms with van der Waals surface area (Å²) in [4.78, 5) is 16.6. The van der Waals surface area contributed by atoms with Gasteiger partial charge >= 0.3 is 5.97 Å². The fourth-order valence-corrected chi connectivity index (χ4v) is 3.36. The third-order valence-corrected chi connectivity index (χ3v) is 5.06. The van der Waals surface area contributed by atoms with Gasteiger partial charge in [0.1, 0.15) is 11.9 Å². The van der Waals surface area contributed by atoms with Gasteiger partial charge in [0.15, 0.2) is 5.82 Å². The highest BCUT2D eigenvalue weighted by molar-refractivity contribution is 6.35. The molecular weight excluding hydrogens is 353 g/mol. The van der Waals surface area contributed by atoms with E-state index in [9.17, 15) is 9.90 Å². The number of rotatable bonds is 6. The number of aromatic nitrogens is 3. The van der Waals surface area contributed by atoms with Crippen LogP contribution in [0.3, 0.4) is 0 Å². The van der Waals surface area contributed by atoms with Crippen LogP contribution < -0.4 is 0 Å². The van der Waals surface area contributed by atoms with Crippen LogP contribution in [-0.2, 0) is 21.6 Å². The molecule has 0 saturated carbocycles.